The number of rotatable bonds is 4. The second-order valence-electron chi connectivity index (χ2n) is 2.60. The minimum atomic E-state index is 1.02. The van der Waals surface area contributed by atoms with Gasteiger partial charge in [-0.15, -0.1) is 0 Å². The molecule has 0 aromatic heterocycles. The molecule has 2 heteroatoms. The topological polar surface area (TPSA) is 3.24 Å². The van der Waals surface area contributed by atoms with E-state index in [1.807, 2.05) is 6.07 Å². The van der Waals surface area contributed by atoms with Crippen molar-refractivity contribution in [1.29, 1.82) is 0 Å². The Morgan fingerprint density at radius 3 is 2.42 bits per heavy atom. The van der Waals surface area contributed by atoms with Gasteiger partial charge in [0.15, 0.2) is 0 Å². The van der Waals surface area contributed by atoms with Crippen molar-refractivity contribution >= 4 is 21.6 Å². The van der Waals surface area contributed by atoms with Gasteiger partial charge in [0.1, 0.15) is 0 Å². The molecule has 0 fully saturated rings. The molecule has 0 aliphatic heterocycles. The number of benzene rings is 1. The van der Waals surface area contributed by atoms with Gasteiger partial charge >= 0.3 is 0 Å². The van der Waals surface area contributed by atoms with Crippen molar-refractivity contribution in [2.45, 2.75) is 6.92 Å². The highest BCUT2D eigenvalue weighted by atomic mass is 79.9. The zero-order chi connectivity index (χ0) is 8.81. The first-order valence-electron chi connectivity index (χ1n) is 4.24. The SMILES string of the molecule is CCN(CCBr)c1ccccc1. The van der Waals surface area contributed by atoms with E-state index in [4.69, 9.17) is 0 Å². The summed E-state index contributed by atoms with van der Waals surface area (Å²) in [7, 11) is 0. The van der Waals surface area contributed by atoms with Crippen molar-refractivity contribution in [1.82, 2.24) is 0 Å². The Morgan fingerprint density at radius 2 is 1.92 bits per heavy atom. The van der Waals surface area contributed by atoms with Crippen LogP contribution in [0.2, 0.25) is 0 Å². The summed E-state index contributed by atoms with van der Waals surface area (Å²) in [5.41, 5.74) is 1.31. The van der Waals surface area contributed by atoms with Crippen LogP contribution in [0.1, 0.15) is 6.92 Å². The fourth-order valence-electron chi connectivity index (χ4n) is 1.21. The summed E-state index contributed by atoms with van der Waals surface area (Å²) in [6.45, 7) is 4.31. The lowest BCUT2D eigenvalue weighted by molar-refractivity contribution is 0.875. The molecule has 0 aliphatic carbocycles. The van der Waals surface area contributed by atoms with Crippen LogP contribution in [0.25, 0.3) is 0 Å². The summed E-state index contributed by atoms with van der Waals surface area (Å²) in [5.74, 6) is 0. The van der Waals surface area contributed by atoms with Gasteiger partial charge in [-0.1, -0.05) is 34.1 Å². The van der Waals surface area contributed by atoms with Gasteiger partial charge in [-0.05, 0) is 19.1 Å². The van der Waals surface area contributed by atoms with Gasteiger partial charge in [0.25, 0.3) is 0 Å². The minimum absolute atomic E-state index is 1.02. The van der Waals surface area contributed by atoms with Gasteiger partial charge in [0, 0.05) is 24.1 Å². The summed E-state index contributed by atoms with van der Waals surface area (Å²) in [6.07, 6.45) is 0. The monoisotopic (exact) mass is 227 g/mol. The predicted molar refractivity (Wildman–Crippen MR) is 58.1 cm³/mol. The molecule has 0 saturated carbocycles. The van der Waals surface area contributed by atoms with Crippen LogP contribution in [0.4, 0.5) is 5.69 Å². The summed E-state index contributed by atoms with van der Waals surface area (Å²) in [6, 6.07) is 10.5. The Labute approximate surface area is 82.5 Å². The molecule has 0 N–H and O–H groups in total. The molecule has 1 rings (SSSR count). The zero-order valence-electron chi connectivity index (χ0n) is 7.33. The maximum Gasteiger partial charge on any atom is 0.0366 e. The Bertz CT molecular complexity index is 210. The van der Waals surface area contributed by atoms with Crippen LogP contribution in [0.3, 0.4) is 0 Å². The summed E-state index contributed by atoms with van der Waals surface area (Å²) < 4.78 is 0. The van der Waals surface area contributed by atoms with Crippen molar-refractivity contribution < 1.29 is 0 Å². The van der Waals surface area contributed by atoms with Crippen molar-refractivity contribution in [3.05, 3.63) is 30.3 Å². The molecule has 1 nitrogen and oxygen atoms in total. The number of halogens is 1. The molecule has 66 valence electrons. The van der Waals surface area contributed by atoms with Crippen LogP contribution in [0.5, 0.6) is 0 Å². The van der Waals surface area contributed by atoms with Gasteiger partial charge in [-0.25, -0.2) is 0 Å². The zero-order valence-corrected chi connectivity index (χ0v) is 8.92. The number of hydrogen-bond donors (Lipinski definition) is 0. The quantitative estimate of drug-likeness (QED) is 0.716. The van der Waals surface area contributed by atoms with Gasteiger partial charge in [-0.2, -0.15) is 0 Å². The molecule has 0 saturated heterocycles. The molecule has 0 heterocycles. The summed E-state index contributed by atoms with van der Waals surface area (Å²) >= 11 is 3.45. The number of anilines is 1. The van der Waals surface area contributed by atoms with E-state index in [-0.39, 0.29) is 0 Å². The minimum Gasteiger partial charge on any atom is -0.371 e. The van der Waals surface area contributed by atoms with Gasteiger partial charge < -0.3 is 4.90 Å². The first-order chi connectivity index (χ1) is 5.88. The molecular weight excluding hydrogens is 214 g/mol. The number of alkyl halides is 1. The first-order valence-corrected chi connectivity index (χ1v) is 5.36. The third kappa shape index (κ3) is 2.52. The van der Waals surface area contributed by atoms with E-state index in [9.17, 15) is 0 Å². The van der Waals surface area contributed by atoms with Gasteiger partial charge in [0.05, 0.1) is 0 Å². The third-order valence-electron chi connectivity index (χ3n) is 1.86. The van der Waals surface area contributed by atoms with E-state index < -0.39 is 0 Å². The van der Waals surface area contributed by atoms with Crippen LogP contribution in [0, 0.1) is 0 Å². The molecule has 0 atom stereocenters. The highest BCUT2D eigenvalue weighted by Crippen LogP contribution is 2.12. The normalized spacial score (nSPS) is 9.83. The second kappa shape index (κ2) is 5.20. The maximum absolute atomic E-state index is 3.45. The van der Waals surface area contributed by atoms with E-state index in [1.165, 1.54) is 5.69 Å². The predicted octanol–water partition coefficient (Wildman–Crippen LogP) is 2.91. The average Bonchev–Trinajstić information content (AvgIpc) is 2.15. The Hall–Kier alpha value is -0.500. The molecule has 0 spiro atoms. The molecule has 0 bridgehead atoms. The molecule has 1 aromatic carbocycles. The van der Waals surface area contributed by atoms with Crippen molar-refractivity contribution in [2.24, 2.45) is 0 Å². The van der Waals surface area contributed by atoms with Crippen molar-refractivity contribution in [3.63, 3.8) is 0 Å². The Balaban J connectivity index is 2.66. The number of para-hydroxylation sites is 1. The second-order valence-corrected chi connectivity index (χ2v) is 3.40. The van der Waals surface area contributed by atoms with Crippen LogP contribution in [-0.4, -0.2) is 18.4 Å². The molecule has 0 aliphatic rings. The summed E-state index contributed by atoms with van der Waals surface area (Å²) in [5, 5.41) is 1.02. The summed E-state index contributed by atoms with van der Waals surface area (Å²) in [4.78, 5) is 2.34. The third-order valence-corrected chi connectivity index (χ3v) is 2.21. The smallest absolute Gasteiger partial charge is 0.0366 e. The van der Waals surface area contributed by atoms with Crippen LogP contribution >= 0.6 is 15.9 Å². The molecule has 0 radical (unpaired) electrons. The number of hydrogen-bond acceptors (Lipinski definition) is 1. The van der Waals surface area contributed by atoms with E-state index >= 15 is 0 Å². The van der Waals surface area contributed by atoms with Crippen LogP contribution in [-0.2, 0) is 0 Å². The molecule has 12 heavy (non-hydrogen) atoms. The van der Waals surface area contributed by atoms with E-state index in [0.717, 1.165) is 18.4 Å². The lowest BCUT2D eigenvalue weighted by atomic mass is 10.3. The van der Waals surface area contributed by atoms with Crippen LogP contribution in [0.15, 0.2) is 30.3 Å². The lowest BCUT2D eigenvalue weighted by Crippen LogP contribution is -2.24. The van der Waals surface area contributed by atoms with Crippen LogP contribution < -0.4 is 4.90 Å². The highest BCUT2D eigenvalue weighted by Gasteiger charge is 2.00. The van der Waals surface area contributed by atoms with Gasteiger partial charge in [0.2, 0.25) is 0 Å². The van der Waals surface area contributed by atoms with E-state index in [1.54, 1.807) is 0 Å². The fourth-order valence-corrected chi connectivity index (χ4v) is 1.64. The number of nitrogens with zero attached hydrogens (tertiary/aromatic N) is 1. The van der Waals surface area contributed by atoms with E-state index in [0.29, 0.717) is 0 Å². The fraction of sp³-hybridized carbons (Fsp3) is 0.400. The van der Waals surface area contributed by atoms with Gasteiger partial charge in [-0.3, -0.25) is 0 Å². The standard InChI is InChI=1S/C10H14BrN/c1-2-12(9-8-11)10-6-4-3-5-7-10/h3-7H,2,8-9H2,1H3. The van der Waals surface area contributed by atoms with E-state index in [2.05, 4.69) is 52.0 Å². The largest absolute Gasteiger partial charge is 0.371 e. The highest BCUT2D eigenvalue weighted by molar-refractivity contribution is 9.09. The average molecular weight is 228 g/mol. The van der Waals surface area contributed by atoms with Crippen molar-refractivity contribution in [3.8, 4) is 0 Å². The Morgan fingerprint density at radius 1 is 1.25 bits per heavy atom. The Kier molecular flexibility index (Phi) is 4.15. The maximum atomic E-state index is 3.45. The molecule has 0 unspecified atom stereocenters. The lowest BCUT2D eigenvalue weighted by Gasteiger charge is -2.21. The first kappa shape index (κ1) is 9.59. The molecule has 0 amide bonds. The molecule has 1 aromatic rings. The van der Waals surface area contributed by atoms with Crippen molar-refractivity contribution in [2.75, 3.05) is 23.3 Å². The molecular formula is C10H14BrN.